The summed E-state index contributed by atoms with van der Waals surface area (Å²) in [6.07, 6.45) is 0. The van der Waals surface area contributed by atoms with Crippen LogP contribution in [0.4, 0.5) is 10.1 Å². The van der Waals surface area contributed by atoms with E-state index in [-0.39, 0.29) is 10.5 Å². The molecule has 4 aromatic carbocycles. The highest BCUT2D eigenvalue weighted by Crippen LogP contribution is 2.19. The zero-order valence-corrected chi connectivity index (χ0v) is 18.4. The summed E-state index contributed by atoms with van der Waals surface area (Å²) < 4.78 is 39.1. The topological polar surface area (TPSA) is 87.6 Å². The van der Waals surface area contributed by atoms with Crippen LogP contribution in [-0.4, -0.2) is 20.0 Å². The molecule has 4 aromatic rings. The molecule has 2 N–H and O–H groups in total. The quantitative estimate of drug-likeness (QED) is 0.315. The van der Waals surface area contributed by atoms with Gasteiger partial charge in [-0.2, -0.15) is 18.4 Å². The zero-order chi connectivity index (χ0) is 23.4. The molecule has 6 nitrogen and oxygen atoms in total. The Kier molecular flexibility index (Phi) is 6.19. The summed E-state index contributed by atoms with van der Waals surface area (Å²) in [6, 6.07) is 24.7. The van der Waals surface area contributed by atoms with Crippen molar-refractivity contribution in [3.63, 3.8) is 0 Å². The SMILES string of the molecule is C/C(=N\NS(=O)(=O)c1ccc2ccccc2c1)c1ccc(NC(=O)c2ccccc2F)cc1. The molecule has 0 aliphatic rings. The molecule has 0 aromatic heterocycles. The first-order chi connectivity index (χ1) is 15.8. The van der Waals surface area contributed by atoms with Crippen LogP contribution in [0.25, 0.3) is 10.8 Å². The molecule has 0 aliphatic carbocycles. The van der Waals surface area contributed by atoms with E-state index < -0.39 is 21.7 Å². The van der Waals surface area contributed by atoms with E-state index in [1.54, 1.807) is 49.4 Å². The number of carbonyl (C=O) groups excluding carboxylic acids is 1. The fraction of sp³-hybridized carbons (Fsp3) is 0.0400. The number of hydrogen-bond donors (Lipinski definition) is 2. The van der Waals surface area contributed by atoms with Gasteiger partial charge in [-0.15, -0.1) is 0 Å². The Balaban J connectivity index is 1.46. The molecule has 0 bridgehead atoms. The first-order valence-electron chi connectivity index (χ1n) is 10.0. The molecule has 4 rings (SSSR count). The lowest BCUT2D eigenvalue weighted by atomic mass is 10.1. The number of rotatable bonds is 6. The van der Waals surface area contributed by atoms with Gasteiger partial charge in [-0.25, -0.2) is 4.39 Å². The summed E-state index contributed by atoms with van der Waals surface area (Å²) >= 11 is 0. The fourth-order valence-electron chi connectivity index (χ4n) is 3.22. The summed E-state index contributed by atoms with van der Waals surface area (Å²) in [5.41, 5.74) is 1.51. The van der Waals surface area contributed by atoms with Gasteiger partial charge in [0.05, 0.1) is 16.2 Å². The Morgan fingerprint density at radius 1 is 0.848 bits per heavy atom. The van der Waals surface area contributed by atoms with Crippen molar-refractivity contribution >= 4 is 38.1 Å². The predicted molar refractivity (Wildman–Crippen MR) is 127 cm³/mol. The largest absolute Gasteiger partial charge is 0.322 e. The minimum atomic E-state index is -3.84. The van der Waals surface area contributed by atoms with Crippen LogP contribution < -0.4 is 10.1 Å². The van der Waals surface area contributed by atoms with Crippen LogP contribution in [0, 0.1) is 5.82 Å². The summed E-state index contributed by atoms with van der Waals surface area (Å²) in [5.74, 6) is -1.16. The monoisotopic (exact) mass is 461 g/mol. The number of carbonyl (C=O) groups is 1. The van der Waals surface area contributed by atoms with Crippen LogP contribution in [0.2, 0.25) is 0 Å². The number of nitrogens with zero attached hydrogens (tertiary/aromatic N) is 1. The van der Waals surface area contributed by atoms with Crippen molar-refractivity contribution in [2.45, 2.75) is 11.8 Å². The highest BCUT2D eigenvalue weighted by molar-refractivity contribution is 7.89. The Hall–Kier alpha value is -4.04. The van der Waals surface area contributed by atoms with Gasteiger partial charge in [0.15, 0.2) is 0 Å². The molecular formula is C25H20FN3O3S. The summed E-state index contributed by atoms with van der Waals surface area (Å²) in [7, 11) is -3.84. The summed E-state index contributed by atoms with van der Waals surface area (Å²) in [4.78, 5) is 14.6. The van der Waals surface area contributed by atoms with Crippen molar-refractivity contribution < 1.29 is 17.6 Å². The van der Waals surface area contributed by atoms with Crippen LogP contribution in [-0.2, 0) is 10.0 Å². The highest BCUT2D eigenvalue weighted by atomic mass is 32.2. The van der Waals surface area contributed by atoms with E-state index in [0.29, 0.717) is 17.0 Å². The third kappa shape index (κ3) is 5.07. The van der Waals surface area contributed by atoms with Crippen LogP contribution in [0.5, 0.6) is 0 Å². The van der Waals surface area contributed by atoms with Crippen LogP contribution in [0.3, 0.4) is 0 Å². The Morgan fingerprint density at radius 2 is 1.52 bits per heavy atom. The van der Waals surface area contributed by atoms with Gasteiger partial charge in [0.1, 0.15) is 5.82 Å². The van der Waals surface area contributed by atoms with Crippen molar-refractivity contribution in [1.82, 2.24) is 4.83 Å². The van der Waals surface area contributed by atoms with E-state index >= 15 is 0 Å². The summed E-state index contributed by atoms with van der Waals surface area (Å²) in [6.45, 7) is 1.66. The van der Waals surface area contributed by atoms with Crippen LogP contribution in [0.15, 0.2) is 101 Å². The lowest BCUT2D eigenvalue weighted by molar-refractivity contribution is 0.102. The normalized spacial score (nSPS) is 11.9. The van der Waals surface area contributed by atoms with Gasteiger partial charge in [0.25, 0.3) is 15.9 Å². The molecule has 0 saturated heterocycles. The molecule has 0 unspecified atom stereocenters. The van der Waals surface area contributed by atoms with Gasteiger partial charge in [0.2, 0.25) is 0 Å². The number of nitrogens with one attached hydrogen (secondary N) is 2. The first-order valence-corrected chi connectivity index (χ1v) is 11.5. The number of amides is 1. The van der Waals surface area contributed by atoms with Crippen LogP contribution >= 0.6 is 0 Å². The van der Waals surface area contributed by atoms with Crippen molar-refractivity contribution in [3.8, 4) is 0 Å². The predicted octanol–water partition coefficient (Wildman–Crippen LogP) is 4.93. The number of fused-ring (bicyclic) bond motifs is 1. The lowest BCUT2D eigenvalue weighted by Crippen LogP contribution is -2.20. The van der Waals surface area contributed by atoms with E-state index in [9.17, 15) is 17.6 Å². The van der Waals surface area contributed by atoms with Gasteiger partial charge >= 0.3 is 0 Å². The van der Waals surface area contributed by atoms with Crippen molar-refractivity contribution in [1.29, 1.82) is 0 Å². The van der Waals surface area contributed by atoms with Crippen molar-refractivity contribution in [2.24, 2.45) is 5.10 Å². The van der Waals surface area contributed by atoms with Gasteiger partial charge in [-0.05, 0) is 59.7 Å². The summed E-state index contributed by atoms with van der Waals surface area (Å²) in [5, 5.41) is 8.40. The smallest absolute Gasteiger partial charge is 0.276 e. The van der Waals surface area contributed by atoms with Gasteiger partial charge in [-0.3, -0.25) is 4.79 Å². The molecule has 0 fully saturated rings. The third-order valence-electron chi connectivity index (χ3n) is 5.04. The molecule has 0 radical (unpaired) electrons. The van der Waals surface area contributed by atoms with E-state index in [2.05, 4.69) is 15.2 Å². The molecular weight excluding hydrogens is 441 g/mol. The average molecular weight is 462 g/mol. The first kappa shape index (κ1) is 22.2. The second kappa shape index (κ2) is 9.22. The third-order valence-corrected chi connectivity index (χ3v) is 6.25. The van der Waals surface area contributed by atoms with E-state index in [1.807, 2.05) is 24.3 Å². The minimum absolute atomic E-state index is 0.0533. The Bertz CT molecular complexity index is 1470. The van der Waals surface area contributed by atoms with Crippen molar-refractivity contribution in [3.05, 3.63) is 108 Å². The zero-order valence-electron chi connectivity index (χ0n) is 17.6. The Labute approximate surface area is 190 Å². The molecule has 33 heavy (non-hydrogen) atoms. The number of hydrazone groups is 1. The van der Waals surface area contributed by atoms with Gasteiger partial charge in [0, 0.05) is 5.69 Å². The number of sulfonamides is 1. The second-order valence-electron chi connectivity index (χ2n) is 7.31. The maximum atomic E-state index is 13.8. The molecule has 166 valence electrons. The van der Waals surface area contributed by atoms with E-state index in [1.165, 1.54) is 24.3 Å². The average Bonchev–Trinajstić information content (AvgIpc) is 2.83. The van der Waals surface area contributed by atoms with Gasteiger partial charge < -0.3 is 5.32 Å². The second-order valence-corrected chi connectivity index (χ2v) is 8.97. The van der Waals surface area contributed by atoms with Crippen LogP contribution in [0.1, 0.15) is 22.8 Å². The number of benzene rings is 4. The van der Waals surface area contributed by atoms with Crippen molar-refractivity contribution in [2.75, 3.05) is 5.32 Å². The molecule has 8 heteroatoms. The molecule has 0 aliphatic heterocycles. The number of hydrogen-bond acceptors (Lipinski definition) is 4. The highest BCUT2D eigenvalue weighted by Gasteiger charge is 2.14. The minimum Gasteiger partial charge on any atom is -0.322 e. The van der Waals surface area contributed by atoms with Gasteiger partial charge in [-0.1, -0.05) is 54.6 Å². The molecule has 1 amide bonds. The molecule has 0 atom stereocenters. The Morgan fingerprint density at radius 3 is 2.24 bits per heavy atom. The fourth-order valence-corrected chi connectivity index (χ4v) is 4.11. The molecule has 0 heterocycles. The molecule has 0 saturated carbocycles. The maximum Gasteiger partial charge on any atom is 0.276 e. The lowest BCUT2D eigenvalue weighted by Gasteiger charge is -2.08. The number of anilines is 1. The number of halogens is 1. The van der Waals surface area contributed by atoms with E-state index in [4.69, 9.17) is 0 Å². The van der Waals surface area contributed by atoms with E-state index in [0.717, 1.165) is 10.8 Å². The maximum absolute atomic E-state index is 13.8. The standard InChI is InChI=1S/C25H20FN3O3S/c1-17(28-29-33(31,32)22-15-12-19-6-2-3-7-20(19)16-22)18-10-13-21(14-11-18)27-25(30)23-8-4-5-9-24(23)26/h2-16,29H,1H3,(H,27,30)/b28-17+. The molecule has 0 spiro atoms.